The fraction of sp³-hybridized carbons (Fsp3) is 1.00. The monoisotopic (exact) mass is 223 g/mol. The molecule has 1 saturated heterocycles. The van der Waals surface area contributed by atoms with Crippen LogP contribution in [0.3, 0.4) is 0 Å². The molecule has 0 aromatic heterocycles. The molecule has 0 radical (unpaired) electrons. The van der Waals surface area contributed by atoms with Gasteiger partial charge in [0.1, 0.15) is 0 Å². The maximum absolute atomic E-state index is 9.78. The van der Waals surface area contributed by atoms with Crippen molar-refractivity contribution in [3.63, 3.8) is 0 Å². The summed E-state index contributed by atoms with van der Waals surface area (Å²) in [6.07, 6.45) is 9.40. The van der Waals surface area contributed by atoms with Crippen molar-refractivity contribution in [3.8, 4) is 0 Å². The SMILES string of the molecule is CC1CCC(CO)(N2CC3(CCC3)C2)CC1. The van der Waals surface area contributed by atoms with Crippen LogP contribution in [0.15, 0.2) is 0 Å². The Balaban J connectivity index is 1.63. The Labute approximate surface area is 99.0 Å². The van der Waals surface area contributed by atoms with Gasteiger partial charge in [-0.3, -0.25) is 4.90 Å². The van der Waals surface area contributed by atoms with Gasteiger partial charge in [0.2, 0.25) is 0 Å². The van der Waals surface area contributed by atoms with Crippen LogP contribution in [0.25, 0.3) is 0 Å². The van der Waals surface area contributed by atoms with Crippen molar-refractivity contribution in [1.82, 2.24) is 4.90 Å². The predicted octanol–water partition coefficient (Wildman–Crippen LogP) is 2.41. The van der Waals surface area contributed by atoms with Crippen LogP contribution in [0.1, 0.15) is 51.9 Å². The van der Waals surface area contributed by atoms with E-state index < -0.39 is 0 Å². The van der Waals surface area contributed by atoms with E-state index in [9.17, 15) is 5.11 Å². The van der Waals surface area contributed by atoms with Crippen LogP contribution in [0.4, 0.5) is 0 Å². The smallest absolute Gasteiger partial charge is 0.0615 e. The summed E-state index contributed by atoms with van der Waals surface area (Å²) in [6.45, 7) is 5.30. The van der Waals surface area contributed by atoms with Gasteiger partial charge in [0.05, 0.1) is 6.61 Å². The molecule has 0 amide bonds. The third-order valence-electron chi connectivity index (χ3n) is 5.64. The summed E-state index contributed by atoms with van der Waals surface area (Å²) < 4.78 is 0. The number of aliphatic hydroxyl groups excluding tert-OH is 1. The molecule has 1 spiro atoms. The first kappa shape index (κ1) is 11.0. The maximum Gasteiger partial charge on any atom is 0.0615 e. The average Bonchev–Trinajstić information content (AvgIpc) is 2.17. The Bertz CT molecular complexity index is 256. The number of aliphatic hydroxyl groups is 1. The van der Waals surface area contributed by atoms with E-state index in [2.05, 4.69) is 11.8 Å². The highest BCUT2D eigenvalue weighted by Crippen LogP contribution is 2.52. The molecule has 3 rings (SSSR count). The van der Waals surface area contributed by atoms with Gasteiger partial charge in [-0.2, -0.15) is 0 Å². The Hall–Kier alpha value is -0.0800. The van der Waals surface area contributed by atoms with Crippen LogP contribution in [0, 0.1) is 11.3 Å². The average molecular weight is 223 g/mol. The summed E-state index contributed by atoms with van der Waals surface area (Å²) in [6, 6.07) is 0. The second-order valence-electron chi connectivity index (χ2n) is 6.77. The molecule has 0 unspecified atom stereocenters. The minimum Gasteiger partial charge on any atom is -0.394 e. The molecule has 1 heterocycles. The summed E-state index contributed by atoms with van der Waals surface area (Å²) in [4.78, 5) is 2.61. The third-order valence-corrected chi connectivity index (χ3v) is 5.64. The largest absolute Gasteiger partial charge is 0.394 e. The lowest BCUT2D eigenvalue weighted by molar-refractivity contribution is -0.145. The zero-order valence-corrected chi connectivity index (χ0v) is 10.5. The van der Waals surface area contributed by atoms with E-state index in [4.69, 9.17) is 0 Å². The molecule has 2 nitrogen and oxygen atoms in total. The highest BCUT2D eigenvalue weighted by atomic mass is 16.3. The molecule has 0 bridgehead atoms. The van der Waals surface area contributed by atoms with Gasteiger partial charge < -0.3 is 5.11 Å². The maximum atomic E-state index is 9.78. The zero-order chi connectivity index (χ0) is 11.2. The molecule has 0 aromatic carbocycles. The summed E-state index contributed by atoms with van der Waals surface area (Å²) in [5, 5.41) is 9.78. The highest BCUT2D eigenvalue weighted by molar-refractivity contribution is 5.07. The number of likely N-dealkylation sites (tertiary alicyclic amines) is 1. The van der Waals surface area contributed by atoms with Gasteiger partial charge >= 0.3 is 0 Å². The van der Waals surface area contributed by atoms with Gasteiger partial charge in [-0.1, -0.05) is 13.3 Å². The van der Waals surface area contributed by atoms with Crippen molar-refractivity contribution in [3.05, 3.63) is 0 Å². The van der Waals surface area contributed by atoms with Crippen molar-refractivity contribution >= 4 is 0 Å². The van der Waals surface area contributed by atoms with Gasteiger partial charge in [-0.25, -0.2) is 0 Å². The molecule has 16 heavy (non-hydrogen) atoms. The van der Waals surface area contributed by atoms with Crippen molar-refractivity contribution in [1.29, 1.82) is 0 Å². The number of rotatable bonds is 2. The fourth-order valence-electron chi connectivity index (χ4n) is 3.97. The normalized spacial score (nSPS) is 42.8. The predicted molar refractivity (Wildman–Crippen MR) is 65.3 cm³/mol. The van der Waals surface area contributed by atoms with E-state index in [-0.39, 0.29) is 5.54 Å². The minimum absolute atomic E-state index is 0.174. The fourth-order valence-corrected chi connectivity index (χ4v) is 3.97. The Morgan fingerprint density at radius 3 is 2.19 bits per heavy atom. The molecule has 1 N–H and O–H groups in total. The molecule has 3 aliphatic rings. The first-order valence-electron chi connectivity index (χ1n) is 7.04. The van der Waals surface area contributed by atoms with Gasteiger partial charge in [-0.15, -0.1) is 0 Å². The molecule has 2 aliphatic carbocycles. The quantitative estimate of drug-likeness (QED) is 0.777. The Kier molecular flexibility index (Phi) is 2.56. The highest BCUT2D eigenvalue weighted by Gasteiger charge is 2.53. The van der Waals surface area contributed by atoms with Crippen LogP contribution in [0.5, 0.6) is 0 Å². The Morgan fingerprint density at radius 1 is 1.12 bits per heavy atom. The van der Waals surface area contributed by atoms with Crippen LogP contribution >= 0.6 is 0 Å². The summed E-state index contributed by atoms with van der Waals surface area (Å²) in [7, 11) is 0. The first-order chi connectivity index (χ1) is 7.68. The summed E-state index contributed by atoms with van der Waals surface area (Å²) in [5.41, 5.74) is 0.874. The van der Waals surface area contributed by atoms with Gasteiger partial charge in [0, 0.05) is 18.6 Å². The van der Waals surface area contributed by atoms with Crippen molar-refractivity contribution < 1.29 is 5.11 Å². The van der Waals surface area contributed by atoms with Crippen molar-refractivity contribution in [2.75, 3.05) is 19.7 Å². The topological polar surface area (TPSA) is 23.5 Å². The summed E-state index contributed by atoms with van der Waals surface area (Å²) in [5.74, 6) is 0.874. The minimum atomic E-state index is 0.174. The van der Waals surface area contributed by atoms with Gasteiger partial charge in [-0.05, 0) is 49.9 Å². The van der Waals surface area contributed by atoms with E-state index >= 15 is 0 Å². The number of hydrogen-bond donors (Lipinski definition) is 1. The lowest BCUT2D eigenvalue weighted by atomic mass is 9.61. The first-order valence-corrected chi connectivity index (χ1v) is 7.04. The van der Waals surface area contributed by atoms with Crippen molar-refractivity contribution in [2.45, 2.75) is 57.4 Å². The summed E-state index contributed by atoms with van der Waals surface area (Å²) >= 11 is 0. The van der Waals surface area contributed by atoms with Gasteiger partial charge in [0.25, 0.3) is 0 Å². The van der Waals surface area contributed by atoms with Crippen LogP contribution < -0.4 is 0 Å². The van der Waals surface area contributed by atoms with E-state index in [1.54, 1.807) is 0 Å². The Morgan fingerprint density at radius 2 is 1.75 bits per heavy atom. The second kappa shape index (κ2) is 3.71. The molecular weight excluding hydrogens is 198 g/mol. The molecule has 0 atom stereocenters. The number of nitrogens with zero attached hydrogens (tertiary/aromatic N) is 1. The van der Waals surface area contributed by atoms with Crippen LogP contribution in [0.2, 0.25) is 0 Å². The van der Waals surface area contributed by atoms with Gasteiger partial charge in [0.15, 0.2) is 0 Å². The molecule has 1 aliphatic heterocycles. The lowest BCUT2D eigenvalue weighted by Gasteiger charge is -2.63. The standard InChI is InChI=1S/C14H25NO/c1-12-3-7-14(11-16,8-4-12)15-9-13(10-15)5-2-6-13/h12,16H,2-11H2,1H3. The van der Waals surface area contributed by atoms with E-state index in [1.165, 1.54) is 58.0 Å². The second-order valence-corrected chi connectivity index (χ2v) is 6.77. The van der Waals surface area contributed by atoms with E-state index in [0.29, 0.717) is 12.0 Å². The lowest BCUT2D eigenvalue weighted by Crippen LogP contribution is -2.69. The molecule has 2 heteroatoms. The van der Waals surface area contributed by atoms with E-state index in [0.717, 1.165) is 5.92 Å². The molecule has 0 aromatic rings. The zero-order valence-electron chi connectivity index (χ0n) is 10.5. The molecule has 2 saturated carbocycles. The van der Waals surface area contributed by atoms with Crippen molar-refractivity contribution in [2.24, 2.45) is 11.3 Å². The van der Waals surface area contributed by atoms with Crippen LogP contribution in [-0.4, -0.2) is 35.2 Å². The van der Waals surface area contributed by atoms with E-state index in [1.807, 2.05) is 0 Å². The number of hydrogen-bond acceptors (Lipinski definition) is 2. The third kappa shape index (κ3) is 1.53. The molecular formula is C14H25NO. The van der Waals surface area contributed by atoms with Crippen LogP contribution in [-0.2, 0) is 0 Å². The molecule has 92 valence electrons. The molecule has 3 fully saturated rings.